The van der Waals surface area contributed by atoms with E-state index in [1.54, 1.807) is 47.2 Å². The van der Waals surface area contributed by atoms with Crippen LogP contribution in [-0.2, 0) is 19.9 Å². The van der Waals surface area contributed by atoms with Crippen molar-refractivity contribution < 1.29 is 16.8 Å². The summed E-state index contributed by atoms with van der Waals surface area (Å²) in [6, 6.07) is 13.1. The van der Waals surface area contributed by atoms with E-state index >= 15 is 0 Å². The summed E-state index contributed by atoms with van der Waals surface area (Å²) in [6.45, 7) is 0. The Kier molecular flexibility index (Phi) is 4.56. The van der Waals surface area contributed by atoms with Crippen LogP contribution in [0, 0.1) is 0 Å². The molecule has 0 bridgehead atoms. The fourth-order valence-corrected chi connectivity index (χ4v) is 7.10. The van der Waals surface area contributed by atoms with Gasteiger partial charge >= 0.3 is 0 Å². The summed E-state index contributed by atoms with van der Waals surface area (Å²) in [5, 5.41) is 3.79. The van der Waals surface area contributed by atoms with Crippen LogP contribution in [0.15, 0.2) is 72.6 Å². The van der Waals surface area contributed by atoms with Gasteiger partial charge in [0.15, 0.2) is 0 Å². The quantitative estimate of drug-likeness (QED) is 0.399. The molecule has 7 nitrogen and oxygen atoms in total. The molecule has 4 aromatic rings. The highest BCUT2D eigenvalue weighted by atomic mass is 32.2. The Labute approximate surface area is 163 Å². The van der Waals surface area contributed by atoms with Gasteiger partial charge in [0.25, 0.3) is 10.0 Å². The maximum absolute atomic E-state index is 13.1. The first-order valence-corrected chi connectivity index (χ1v) is 12.3. The first-order valence-electron chi connectivity index (χ1n) is 7.60. The third-order valence-corrected chi connectivity index (χ3v) is 9.64. The van der Waals surface area contributed by atoms with Gasteiger partial charge in [-0.2, -0.15) is 0 Å². The van der Waals surface area contributed by atoms with Gasteiger partial charge in [0, 0.05) is 10.9 Å². The lowest BCUT2D eigenvalue weighted by molar-refractivity contribution is 0.588. The van der Waals surface area contributed by atoms with E-state index in [1.807, 2.05) is 0 Å². The highest BCUT2D eigenvalue weighted by Crippen LogP contribution is 2.36. The van der Waals surface area contributed by atoms with Gasteiger partial charge in [-0.15, -0.1) is 27.5 Å². The molecule has 0 unspecified atom stereocenters. The van der Waals surface area contributed by atoms with Crippen molar-refractivity contribution >= 4 is 59.3 Å². The largest absolute Gasteiger partial charge is 0.339 e. The second-order valence-electron chi connectivity index (χ2n) is 5.47. The molecule has 0 saturated carbocycles. The number of thiophene rings is 2. The molecule has 0 fully saturated rings. The van der Waals surface area contributed by atoms with Crippen LogP contribution < -0.4 is 10.3 Å². The van der Waals surface area contributed by atoms with E-state index in [1.165, 1.54) is 12.1 Å². The molecular formula is C16H13N3O4S4. The maximum atomic E-state index is 13.1. The molecule has 4 rings (SSSR count). The first kappa shape index (κ1) is 18.2. The van der Waals surface area contributed by atoms with E-state index in [9.17, 15) is 16.8 Å². The third-order valence-electron chi connectivity index (χ3n) is 3.76. The van der Waals surface area contributed by atoms with Gasteiger partial charge < -0.3 is 4.98 Å². The third kappa shape index (κ3) is 3.28. The molecule has 140 valence electrons. The SMILES string of the molecule is O=S(=O)(NNc1[nH]c2ccccc2c1S(=O)(=O)c1cccs1)c1cccs1. The Balaban J connectivity index is 1.80. The van der Waals surface area contributed by atoms with Crippen molar-refractivity contribution in [2.24, 2.45) is 0 Å². The van der Waals surface area contributed by atoms with Crippen molar-refractivity contribution in [2.75, 3.05) is 5.43 Å². The molecular weight excluding hydrogens is 426 g/mol. The van der Waals surface area contributed by atoms with Crippen molar-refractivity contribution in [1.29, 1.82) is 0 Å². The fourth-order valence-electron chi connectivity index (χ4n) is 2.59. The zero-order valence-corrected chi connectivity index (χ0v) is 16.8. The number of H-pyrrole nitrogens is 1. The number of fused-ring (bicyclic) bond motifs is 1. The molecule has 3 heterocycles. The highest BCUT2D eigenvalue weighted by molar-refractivity contribution is 7.94. The summed E-state index contributed by atoms with van der Waals surface area (Å²) in [5.41, 5.74) is 3.11. The smallest absolute Gasteiger partial charge is 0.266 e. The number of rotatable bonds is 6. The predicted molar refractivity (Wildman–Crippen MR) is 106 cm³/mol. The molecule has 11 heteroatoms. The standard InChI is InChI=1S/C16H13N3O4S4/c20-26(21,13-7-3-9-24-13)15-11-5-1-2-6-12(11)17-16(15)18-19-27(22,23)14-8-4-10-25-14/h1-10,17-19H. The summed E-state index contributed by atoms with van der Waals surface area (Å²) >= 11 is 2.16. The van der Waals surface area contributed by atoms with Gasteiger partial charge in [-0.25, -0.2) is 16.8 Å². The second kappa shape index (κ2) is 6.77. The number of sulfonamides is 1. The molecule has 0 saturated heterocycles. The minimum atomic E-state index is -3.84. The van der Waals surface area contributed by atoms with Gasteiger partial charge in [-0.05, 0) is 29.0 Å². The number of sulfone groups is 1. The minimum Gasteiger partial charge on any atom is -0.339 e. The maximum Gasteiger partial charge on any atom is 0.266 e. The van der Waals surface area contributed by atoms with Gasteiger partial charge in [-0.1, -0.05) is 30.3 Å². The van der Waals surface area contributed by atoms with Crippen molar-refractivity contribution in [3.63, 3.8) is 0 Å². The van der Waals surface area contributed by atoms with Crippen LogP contribution in [-0.4, -0.2) is 21.8 Å². The van der Waals surface area contributed by atoms with Crippen LogP contribution in [0.1, 0.15) is 0 Å². The highest BCUT2D eigenvalue weighted by Gasteiger charge is 2.28. The fraction of sp³-hybridized carbons (Fsp3) is 0. The number of anilines is 1. The average molecular weight is 440 g/mol. The molecule has 0 aliphatic carbocycles. The Morgan fingerprint density at radius 3 is 2.15 bits per heavy atom. The lowest BCUT2D eigenvalue weighted by atomic mass is 10.2. The Morgan fingerprint density at radius 1 is 0.815 bits per heavy atom. The molecule has 0 aliphatic heterocycles. The van der Waals surface area contributed by atoms with Gasteiger partial charge in [-0.3, -0.25) is 5.43 Å². The van der Waals surface area contributed by atoms with Crippen LogP contribution in [0.5, 0.6) is 0 Å². The van der Waals surface area contributed by atoms with Crippen molar-refractivity contribution in [2.45, 2.75) is 13.3 Å². The number of hydrogen-bond acceptors (Lipinski definition) is 7. The van der Waals surface area contributed by atoms with Crippen LogP contribution in [0.3, 0.4) is 0 Å². The molecule has 1 aromatic carbocycles. The van der Waals surface area contributed by atoms with Crippen molar-refractivity contribution in [3.8, 4) is 0 Å². The summed E-state index contributed by atoms with van der Waals surface area (Å²) < 4.78 is 51.2. The molecule has 27 heavy (non-hydrogen) atoms. The average Bonchev–Trinajstić information content (AvgIpc) is 3.40. The predicted octanol–water partition coefficient (Wildman–Crippen LogP) is 3.43. The number of aromatic nitrogens is 1. The van der Waals surface area contributed by atoms with E-state index in [-0.39, 0.29) is 19.1 Å². The van der Waals surface area contributed by atoms with Crippen LogP contribution in [0.2, 0.25) is 0 Å². The number of para-hydroxylation sites is 1. The van der Waals surface area contributed by atoms with Crippen LogP contribution >= 0.6 is 22.7 Å². The number of nitrogens with one attached hydrogen (secondary N) is 3. The lowest BCUT2D eigenvalue weighted by Gasteiger charge is -2.09. The number of hydrazine groups is 1. The van der Waals surface area contributed by atoms with Gasteiger partial charge in [0.05, 0.1) is 0 Å². The van der Waals surface area contributed by atoms with Gasteiger partial charge in [0.2, 0.25) is 9.84 Å². The summed E-state index contributed by atoms with van der Waals surface area (Å²) in [5.74, 6) is 0.0599. The summed E-state index contributed by atoms with van der Waals surface area (Å²) in [6.07, 6.45) is 0. The zero-order chi connectivity index (χ0) is 19.1. The summed E-state index contributed by atoms with van der Waals surface area (Å²) in [4.78, 5) is 5.17. The topological polar surface area (TPSA) is 108 Å². The Bertz CT molecular complexity index is 1290. The molecule has 0 atom stereocenters. The first-order chi connectivity index (χ1) is 12.9. The van der Waals surface area contributed by atoms with Crippen molar-refractivity contribution in [3.05, 3.63) is 59.3 Å². The Morgan fingerprint density at radius 2 is 1.48 bits per heavy atom. The van der Waals surface area contributed by atoms with Crippen LogP contribution in [0.25, 0.3) is 10.9 Å². The van der Waals surface area contributed by atoms with Crippen molar-refractivity contribution in [1.82, 2.24) is 9.82 Å². The lowest BCUT2D eigenvalue weighted by Crippen LogP contribution is -2.29. The number of aromatic amines is 1. The van der Waals surface area contributed by atoms with E-state index in [0.717, 1.165) is 22.7 Å². The monoisotopic (exact) mass is 439 g/mol. The molecule has 0 aliphatic rings. The second-order valence-corrected chi connectivity index (χ2v) is 11.4. The minimum absolute atomic E-state index is 0.00516. The van der Waals surface area contributed by atoms with E-state index in [4.69, 9.17) is 0 Å². The molecule has 0 amide bonds. The molecule has 0 radical (unpaired) electrons. The number of benzene rings is 1. The summed E-state index contributed by atoms with van der Waals surface area (Å²) in [7, 11) is -7.66. The molecule has 0 spiro atoms. The molecule has 3 N–H and O–H groups in total. The van der Waals surface area contributed by atoms with Crippen LogP contribution in [0.4, 0.5) is 5.82 Å². The number of hydrogen-bond donors (Lipinski definition) is 3. The van der Waals surface area contributed by atoms with Gasteiger partial charge in [0.1, 0.15) is 19.1 Å². The normalized spacial score (nSPS) is 12.4. The Hall–Kier alpha value is -2.18. The molecule has 3 aromatic heterocycles. The van der Waals surface area contributed by atoms with E-state index in [0.29, 0.717) is 10.9 Å². The van der Waals surface area contributed by atoms with E-state index < -0.39 is 19.9 Å². The van der Waals surface area contributed by atoms with E-state index in [2.05, 4.69) is 15.2 Å². The zero-order valence-electron chi connectivity index (χ0n) is 13.5.